The predicted octanol–water partition coefficient (Wildman–Crippen LogP) is 2.75. The van der Waals surface area contributed by atoms with Crippen LogP contribution in [0.3, 0.4) is 0 Å². The van der Waals surface area contributed by atoms with E-state index in [1.165, 1.54) is 4.90 Å². The lowest BCUT2D eigenvalue weighted by Crippen LogP contribution is -2.45. The van der Waals surface area contributed by atoms with Gasteiger partial charge in [-0.05, 0) is 40.8 Å². The summed E-state index contributed by atoms with van der Waals surface area (Å²) in [5, 5.41) is 2.86. The van der Waals surface area contributed by atoms with E-state index in [2.05, 4.69) is 26.1 Å². The maximum absolute atomic E-state index is 12.6. The number of fused-ring (bicyclic) bond motifs is 2. The van der Waals surface area contributed by atoms with Crippen molar-refractivity contribution < 1.29 is 23.8 Å². The van der Waals surface area contributed by atoms with Crippen LogP contribution in [0.25, 0.3) is 0 Å². The number of carbonyl (C=O) groups is 2. The van der Waals surface area contributed by atoms with Gasteiger partial charge < -0.3 is 19.5 Å². The van der Waals surface area contributed by atoms with Crippen molar-refractivity contribution in [3.63, 3.8) is 0 Å². The molecule has 2 amide bonds. The highest BCUT2D eigenvalue weighted by molar-refractivity contribution is 6.02. The maximum atomic E-state index is 12.6. The van der Waals surface area contributed by atoms with Gasteiger partial charge in [0.2, 0.25) is 12.7 Å². The van der Waals surface area contributed by atoms with Crippen molar-refractivity contribution in [3.8, 4) is 17.2 Å². The molecule has 0 unspecified atom stereocenters. The molecular weight excluding hydrogens is 372 g/mol. The summed E-state index contributed by atoms with van der Waals surface area (Å²) in [5.41, 5.74) is 2.52. The molecule has 2 heterocycles. The van der Waals surface area contributed by atoms with E-state index in [4.69, 9.17) is 14.2 Å². The Morgan fingerprint density at radius 2 is 1.79 bits per heavy atom. The van der Waals surface area contributed by atoms with Crippen molar-refractivity contribution in [2.45, 2.75) is 32.7 Å². The zero-order chi connectivity index (χ0) is 20.6. The molecule has 0 saturated heterocycles. The van der Waals surface area contributed by atoms with Gasteiger partial charge in [-0.3, -0.25) is 14.5 Å². The summed E-state index contributed by atoms with van der Waals surface area (Å²) < 4.78 is 16.2. The van der Waals surface area contributed by atoms with E-state index in [-0.39, 0.29) is 37.2 Å². The summed E-state index contributed by atoms with van der Waals surface area (Å²) in [6.45, 7) is 6.71. The Morgan fingerprint density at radius 1 is 1.03 bits per heavy atom. The molecule has 29 heavy (non-hydrogen) atoms. The molecule has 0 fully saturated rings. The minimum atomic E-state index is -0.245. The van der Waals surface area contributed by atoms with Gasteiger partial charge >= 0.3 is 0 Å². The van der Waals surface area contributed by atoms with Crippen LogP contribution in [-0.2, 0) is 21.5 Å². The molecule has 0 bridgehead atoms. The van der Waals surface area contributed by atoms with Gasteiger partial charge in [-0.15, -0.1) is 0 Å². The fourth-order valence-corrected chi connectivity index (χ4v) is 3.29. The zero-order valence-electron chi connectivity index (χ0n) is 16.8. The van der Waals surface area contributed by atoms with E-state index in [9.17, 15) is 9.59 Å². The number of nitrogens with one attached hydrogen (secondary N) is 1. The van der Waals surface area contributed by atoms with Gasteiger partial charge in [0.25, 0.3) is 5.91 Å². The summed E-state index contributed by atoms with van der Waals surface area (Å²) in [7, 11) is 0. The van der Waals surface area contributed by atoms with Crippen molar-refractivity contribution in [3.05, 3.63) is 47.5 Å². The molecule has 0 spiro atoms. The Bertz CT molecular complexity index is 964. The van der Waals surface area contributed by atoms with Crippen LogP contribution in [0.2, 0.25) is 0 Å². The summed E-state index contributed by atoms with van der Waals surface area (Å²) in [5.74, 6) is 1.50. The number of rotatable bonds is 4. The Kier molecular flexibility index (Phi) is 4.82. The lowest BCUT2D eigenvalue weighted by Gasteiger charge is -2.31. The van der Waals surface area contributed by atoms with Crippen LogP contribution >= 0.6 is 0 Å². The SMILES string of the molecule is CC(C)(C)c1ccc2c(c1)N(CC(=O)NCc1ccc3c(c1)OCO3)C(=O)CO2. The van der Waals surface area contributed by atoms with Crippen molar-refractivity contribution in [1.29, 1.82) is 0 Å². The largest absolute Gasteiger partial charge is 0.482 e. The van der Waals surface area contributed by atoms with Crippen molar-refractivity contribution in [1.82, 2.24) is 5.32 Å². The second-order valence-electron chi connectivity index (χ2n) is 8.17. The molecular formula is C22H24N2O5. The first-order valence-corrected chi connectivity index (χ1v) is 9.54. The van der Waals surface area contributed by atoms with E-state index in [1.807, 2.05) is 36.4 Å². The number of ether oxygens (including phenoxy) is 3. The van der Waals surface area contributed by atoms with Crippen LogP contribution in [0, 0.1) is 0 Å². The first-order valence-electron chi connectivity index (χ1n) is 9.54. The van der Waals surface area contributed by atoms with E-state index in [1.54, 1.807) is 0 Å². The highest BCUT2D eigenvalue weighted by atomic mass is 16.7. The maximum Gasteiger partial charge on any atom is 0.265 e. The number of hydrogen-bond acceptors (Lipinski definition) is 5. The Labute approximate surface area is 169 Å². The Balaban J connectivity index is 1.46. The number of nitrogens with zero attached hydrogens (tertiary/aromatic N) is 1. The lowest BCUT2D eigenvalue weighted by atomic mass is 9.86. The molecule has 7 heteroatoms. The van der Waals surface area contributed by atoms with Crippen LogP contribution in [0.1, 0.15) is 31.9 Å². The van der Waals surface area contributed by atoms with E-state index in [0.29, 0.717) is 29.5 Å². The number of carbonyl (C=O) groups excluding carboxylic acids is 2. The topological polar surface area (TPSA) is 77.1 Å². The smallest absolute Gasteiger partial charge is 0.265 e. The highest BCUT2D eigenvalue weighted by Crippen LogP contribution is 2.36. The first-order chi connectivity index (χ1) is 13.8. The minimum absolute atomic E-state index is 0.0622. The quantitative estimate of drug-likeness (QED) is 0.860. The molecule has 0 aromatic heterocycles. The van der Waals surface area contributed by atoms with E-state index >= 15 is 0 Å². The summed E-state index contributed by atoms with van der Waals surface area (Å²) in [4.78, 5) is 26.5. The van der Waals surface area contributed by atoms with Gasteiger partial charge in [-0.2, -0.15) is 0 Å². The molecule has 0 atom stereocenters. The van der Waals surface area contributed by atoms with Crippen LogP contribution in [-0.4, -0.2) is 31.8 Å². The van der Waals surface area contributed by atoms with Crippen LogP contribution in [0.4, 0.5) is 5.69 Å². The number of amides is 2. The number of anilines is 1. The van der Waals surface area contributed by atoms with E-state index in [0.717, 1.165) is 11.1 Å². The summed E-state index contributed by atoms with van der Waals surface area (Å²) in [6, 6.07) is 11.3. The van der Waals surface area contributed by atoms with Gasteiger partial charge in [0.1, 0.15) is 12.3 Å². The van der Waals surface area contributed by atoms with Gasteiger partial charge in [-0.1, -0.05) is 32.9 Å². The van der Waals surface area contributed by atoms with Crippen molar-refractivity contribution >= 4 is 17.5 Å². The molecule has 1 N–H and O–H groups in total. The van der Waals surface area contributed by atoms with Crippen molar-refractivity contribution in [2.24, 2.45) is 0 Å². The van der Waals surface area contributed by atoms with Gasteiger partial charge in [-0.25, -0.2) is 0 Å². The summed E-state index contributed by atoms with van der Waals surface area (Å²) >= 11 is 0. The van der Waals surface area contributed by atoms with Crippen molar-refractivity contribution in [2.75, 3.05) is 24.8 Å². The fourth-order valence-electron chi connectivity index (χ4n) is 3.29. The van der Waals surface area contributed by atoms with Gasteiger partial charge in [0.15, 0.2) is 18.1 Å². The lowest BCUT2D eigenvalue weighted by molar-refractivity contribution is -0.125. The first kappa shape index (κ1) is 19.1. The monoisotopic (exact) mass is 396 g/mol. The molecule has 2 aliphatic heterocycles. The molecule has 2 aliphatic rings. The molecule has 0 radical (unpaired) electrons. The molecule has 4 rings (SSSR count). The third kappa shape index (κ3) is 3.99. The predicted molar refractivity (Wildman–Crippen MR) is 107 cm³/mol. The minimum Gasteiger partial charge on any atom is -0.482 e. The molecule has 7 nitrogen and oxygen atoms in total. The van der Waals surface area contributed by atoms with Crippen LogP contribution in [0.5, 0.6) is 17.2 Å². The average molecular weight is 396 g/mol. The van der Waals surface area contributed by atoms with Crippen LogP contribution in [0.15, 0.2) is 36.4 Å². The molecule has 0 saturated carbocycles. The second-order valence-corrected chi connectivity index (χ2v) is 8.17. The standard InChI is InChI=1S/C22H24N2O5/c1-22(2,3)15-5-7-17-16(9-15)24(21(26)12-27-17)11-20(25)23-10-14-4-6-18-19(8-14)29-13-28-18/h4-9H,10-13H2,1-3H3,(H,23,25). The molecule has 0 aliphatic carbocycles. The normalized spacial score (nSPS) is 15.0. The third-order valence-corrected chi connectivity index (χ3v) is 5.00. The van der Waals surface area contributed by atoms with E-state index < -0.39 is 0 Å². The molecule has 2 aromatic carbocycles. The Hall–Kier alpha value is -3.22. The molecule has 2 aromatic rings. The average Bonchev–Trinajstić information content (AvgIpc) is 3.15. The number of benzene rings is 2. The van der Waals surface area contributed by atoms with Crippen LogP contribution < -0.4 is 24.4 Å². The Morgan fingerprint density at radius 3 is 2.59 bits per heavy atom. The number of hydrogen-bond donors (Lipinski definition) is 1. The highest BCUT2D eigenvalue weighted by Gasteiger charge is 2.29. The fraction of sp³-hybridized carbons (Fsp3) is 0.364. The van der Waals surface area contributed by atoms with Gasteiger partial charge in [0.05, 0.1) is 5.69 Å². The molecule has 152 valence electrons. The third-order valence-electron chi connectivity index (χ3n) is 5.00. The second kappa shape index (κ2) is 7.31. The summed E-state index contributed by atoms with van der Waals surface area (Å²) in [6.07, 6.45) is 0. The van der Waals surface area contributed by atoms with Gasteiger partial charge in [0, 0.05) is 6.54 Å². The zero-order valence-corrected chi connectivity index (χ0v) is 16.8.